The van der Waals surface area contributed by atoms with Crippen LogP contribution in [-0.2, 0) is 0 Å². The minimum atomic E-state index is 1.01. The molecular formula is C8H10. The molecule has 0 spiro atoms. The number of allylic oxidation sites excluding steroid dienone is 2. The SMILES string of the molecule is CC#CCC1=CCC1. The molecule has 0 N–H and O–H groups in total. The molecule has 0 aromatic rings. The van der Waals surface area contributed by atoms with Gasteiger partial charge in [-0.2, -0.15) is 0 Å². The summed E-state index contributed by atoms with van der Waals surface area (Å²) in [5.41, 5.74) is 1.53. The summed E-state index contributed by atoms with van der Waals surface area (Å²) < 4.78 is 0. The molecular weight excluding hydrogens is 96.1 g/mol. The molecule has 8 heavy (non-hydrogen) atoms. The van der Waals surface area contributed by atoms with Crippen LogP contribution in [0.25, 0.3) is 0 Å². The summed E-state index contributed by atoms with van der Waals surface area (Å²) in [6.45, 7) is 1.89. The van der Waals surface area contributed by atoms with E-state index in [9.17, 15) is 0 Å². The minimum absolute atomic E-state index is 1.01. The topological polar surface area (TPSA) is 0 Å². The predicted octanol–water partition coefficient (Wildman–Crippen LogP) is 2.12. The lowest BCUT2D eigenvalue weighted by atomic mass is 9.96. The van der Waals surface area contributed by atoms with Gasteiger partial charge in [0.15, 0.2) is 0 Å². The molecule has 0 saturated carbocycles. The molecule has 1 aliphatic carbocycles. The van der Waals surface area contributed by atoms with Crippen molar-refractivity contribution in [1.29, 1.82) is 0 Å². The van der Waals surface area contributed by atoms with Crippen molar-refractivity contribution in [1.82, 2.24) is 0 Å². The first-order chi connectivity index (χ1) is 3.93. The Kier molecular flexibility index (Phi) is 1.75. The first kappa shape index (κ1) is 5.44. The average Bonchev–Trinajstić information content (AvgIpc) is 1.63. The van der Waals surface area contributed by atoms with Crippen LogP contribution in [0.2, 0.25) is 0 Å². The summed E-state index contributed by atoms with van der Waals surface area (Å²) in [6.07, 6.45) is 5.84. The molecule has 0 amide bonds. The van der Waals surface area contributed by atoms with Crippen LogP contribution in [0.3, 0.4) is 0 Å². The zero-order valence-corrected chi connectivity index (χ0v) is 5.20. The van der Waals surface area contributed by atoms with Gasteiger partial charge in [-0.15, -0.1) is 5.92 Å². The average molecular weight is 106 g/mol. The van der Waals surface area contributed by atoms with Crippen molar-refractivity contribution < 1.29 is 0 Å². The third kappa shape index (κ3) is 1.13. The Bertz CT molecular complexity index is 153. The predicted molar refractivity (Wildman–Crippen MR) is 35.4 cm³/mol. The second kappa shape index (κ2) is 2.57. The molecule has 42 valence electrons. The first-order valence-corrected chi connectivity index (χ1v) is 3.01. The van der Waals surface area contributed by atoms with Gasteiger partial charge in [0.05, 0.1) is 0 Å². The number of hydrogen-bond acceptors (Lipinski definition) is 0. The van der Waals surface area contributed by atoms with E-state index in [1.165, 1.54) is 18.4 Å². The van der Waals surface area contributed by atoms with Gasteiger partial charge in [0.2, 0.25) is 0 Å². The van der Waals surface area contributed by atoms with E-state index in [1.807, 2.05) is 6.92 Å². The van der Waals surface area contributed by atoms with E-state index in [0.29, 0.717) is 0 Å². The maximum Gasteiger partial charge on any atom is 0.0299 e. The highest BCUT2D eigenvalue weighted by Gasteiger charge is 2.01. The Morgan fingerprint density at radius 3 is 2.88 bits per heavy atom. The second-order valence-electron chi connectivity index (χ2n) is 2.00. The molecule has 0 bridgehead atoms. The Balaban J connectivity index is 2.26. The Morgan fingerprint density at radius 2 is 2.50 bits per heavy atom. The van der Waals surface area contributed by atoms with Crippen molar-refractivity contribution in [2.24, 2.45) is 0 Å². The summed E-state index contributed by atoms with van der Waals surface area (Å²) in [7, 11) is 0. The smallest absolute Gasteiger partial charge is 0.0299 e. The highest BCUT2D eigenvalue weighted by Crippen LogP contribution is 2.19. The zero-order valence-electron chi connectivity index (χ0n) is 5.20. The summed E-state index contributed by atoms with van der Waals surface area (Å²) in [4.78, 5) is 0. The quantitative estimate of drug-likeness (QED) is 0.355. The molecule has 0 aliphatic heterocycles. The molecule has 0 heterocycles. The van der Waals surface area contributed by atoms with E-state index in [4.69, 9.17) is 0 Å². The molecule has 1 aliphatic rings. The van der Waals surface area contributed by atoms with Crippen LogP contribution in [0.1, 0.15) is 26.2 Å². The van der Waals surface area contributed by atoms with E-state index in [0.717, 1.165) is 6.42 Å². The van der Waals surface area contributed by atoms with Gasteiger partial charge in [-0.3, -0.25) is 0 Å². The van der Waals surface area contributed by atoms with Gasteiger partial charge < -0.3 is 0 Å². The van der Waals surface area contributed by atoms with E-state index in [-0.39, 0.29) is 0 Å². The van der Waals surface area contributed by atoms with Gasteiger partial charge in [0.25, 0.3) is 0 Å². The fraction of sp³-hybridized carbons (Fsp3) is 0.500. The molecule has 0 aromatic carbocycles. The van der Waals surface area contributed by atoms with Crippen molar-refractivity contribution in [3.05, 3.63) is 11.6 Å². The number of rotatable bonds is 1. The van der Waals surface area contributed by atoms with Gasteiger partial charge in [-0.05, 0) is 19.8 Å². The molecule has 0 aromatic heterocycles. The maximum absolute atomic E-state index is 3.03. The molecule has 1 rings (SSSR count). The van der Waals surface area contributed by atoms with Gasteiger partial charge in [-0.1, -0.05) is 17.6 Å². The van der Waals surface area contributed by atoms with Gasteiger partial charge in [0, 0.05) is 6.42 Å². The second-order valence-corrected chi connectivity index (χ2v) is 2.00. The van der Waals surface area contributed by atoms with E-state index in [1.54, 1.807) is 0 Å². The Labute approximate surface area is 50.6 Å². The lowest BCUT2D eigenvalue weighted by Gasteiger charge is -2.09. The van der Waals surface area contributed by atoms with E-state index in [2.05, 4.69) is 17.9 Å². The lowest BCUT2D eigenvalue weighted by molar-refractivity contribution is 0.847. The molecule has 0 nitrogen and oxygen atoms in total. The maximum atomic E-state index is 3.03. The summed E-state index contributed by atoms with van der Waals surface area (Å²) >= 11 is 0. The van der Waals surface area contributed by atoms with Crippen LogP contribution < -0.4 is 0 Å². The molecule has 0 radical (unpaired) electrons. The fourth-order valence-corrected chi connectivity index (χ4v) is 0.711. The van der Waals surface area contributed by atoms with Crippen molar-refractivity contribution in [2.75, 3.05) is 0 Å². The normalized spacial score (nSPS) is 15.4. The van der Waals surface area contributed by atoms with Crippen LogP contribution in [-0.4, -0.2) is 0 Å². The summed E-state index contributed by atoms with van der Waals surface area (Å²) in [6, 6.07) is 0. The van der Waals surface area contributed by atoms with Gasteiger partial charge >= 0.3 is 0 Å². The first-order valence-electron chi connectivity index (χ1n) is 3.01. The lowest BCUT2D eigenvalue weighted by Crippen LogP contribution is -1.90. The molecule has 0 saturated heterocycles. The van der Waals surface area contributed by atoms with Crippen LogP contribution in [0.5, 0.6) is 0 Å². The Morgan fingerprint density at radius 1 is 1.75 bits per heavy atom. The van der Waals surface area contributed by atoms with Crippen LogP contribution in [0, 0.1) is 11.8 Å². The standard InChI is InChI=1S/C8H10/c1-2-3-5-8-6-4-7-8/h6H,4-5,7H2,1H3. The molecule has 0 heteroatoms. The van der Waals surface area contributed by atoms with E-state index >= 15 is 0 Å². The fourth-order valence-electron chi connectivity index (χ4n) is 0.711. The van der Waals surface area contributed by atoms with Gasteiger partial charge in [0.1, 0.15) is 0 Å². The minimum Gasteiger partial charge on any atom is -0.106 e. The highest BCUT2D eigenvalue weighted by molar-refractivity contribution is 5.19. The van der Waals surface area contributed by atoms with Gasteiger partial charge in [-0.25, -0.2) is 0 Å². The monoisotopic (exact) mass is 106 g/mol. The molecule has 0 fully saturated rings. The van der Waals surface area contributed by atoms with Crippen LogP contribution in [0.15, 0.2) is 11.6 Å². The Hall–Kier alpha value is -0.700. The van der Waals surface area contributed by atoms with Crippen molar-refractivity contribution in [3.8, 4) is 11.8 Å². The third-order valence-electron chi connectivity index (χ3n) is 1.39. The summed E-state index contributed by atoms with van der Waals surface area (Å²) in [5, 5.41) is 0. The molecule has 0 atom stereocenters. The zero-order chi connectivity index (χ0) is 5.82. The van der Waals surface area contributed by atoms with Crippen LogP contribution in [0.4, 0.5) is 0 Å². The van der Waals surface area contributed by atoms with Crippen molar-refractivity contribution >= 4 is 0 Å². The molecule has 0 unspecified atom stereocenters. The number of hydrogen-bond donors (Lipinski definition) is 0. The van der Waals surface area contributed by atoms with E-state index < -0.39 is 0 Å². The van der Waals surface area contributed by atoms with Crippen molar-refractivity contribution in [3.63, 3.8) is 0 Å². The van der Waals surface area contributed by atoms with Crippen molar-refractivity contribution in [2.45, 2.75) is 26.2 Å². The summed E-state index contributed by atoms with van der Waals surface area (Å²) in [5.74, 6) is 5.91. The highest BCUT2D eigenvalue weighted by atomic mass is 14.1. The largest absolute Gasteiger partial charge is 0.106 e. The van der Waals surface area contributed by atoms with Crippen LogP contribution >= 0.6 is 0 Å². The third-order valence-corrected chi connectivity index (χ3v) is 1.39.